The Bertz CT molecular complexity index is 357. The van der Waals surface area contributed by atoms with Gasteiger partial charge in [-0.25, -0.2) is 0 Å². The number of benzene rings is 1. The summed E-state index contributed by atoms with van der Waals surface area (Å²) in [5, 5.41) is 3.43. The van der Waals surface area contributed by atoms with Crippen molar-refractivity contribution in [1.29, 1.82) is 0 Å². The molecule has 0 spiro atoms. The van der Waals surface area contributed by atoms with Crippen LogP contribution in [0.5, 0.6) is 0 Å². The molecule has 1 unspecified atom stereocenters. The van der Waals surface area contributed by atoms with Crippen molar-refractivity contribution < 1.29 is 4.79 Å². The molecule has 88 valence electrons. The van der Waals surface area contributed by atoms with Gasteiger partial charge in [0.1, 0.15) is 0 Å². The number of hydrogen-bond acceptors (Lipinski definition) is 2. The largest absolute Gasteiger partial charge is 0.350 e. The summed E-state index contributed by atoms with van der Waals surface area (Å²) in [6.07, 6.45) is 3.03. The molecule has 0 aliphatic rings. The lowest BCUT2D eigenvalue weighted by Crippen LogP contribution is -2.33. The second-order valence-electron chi connectivity index (χ2n) is 3.64. The van der Waals surface area contributed by atoms with E-state index in [0.717, 1.165) is 12.2 Å². The van der Waals surface area contributed by atoms with Gasteiger partial charge in [0.05, 0.1) is 10.6 Å². The fraction of sp³-hybridized carbons (Fsp3) is 0.417. The van der Waals surface area contributed by atoms with E-state index in [4.69, 9.17) is 11.6 Å². The van der Waals surface area contributed by atoms with Crippen LogP contribution < -0.4 is 5.32 Å². The van der Waals surface area contributed by atoms with Crippen molar-refractivity contribution in [3.05, 3.63) is 34.9 Å². The van der Waals surface area contributed by atoms with Gasteiger partial charge in [0.15, 0.2) is 0 Å². The molecule has 1 aromatic rings. The zero-order valence-electron chi connectivity index (χ0n) is 9.50. The Morgan fingerprint density at radius 2 is 2.19 bits per heavy atom. The first-order chi connectivity index (χ1) is 7.65. The molecule has 0 aromatic heterocycles. The molecule has 0 aliphatic heterocycles. The van der Waals surface area contributed by atoms with Crippen molar-refractivity contribution in [2.24, 2.45) is 0 Å². The number of hydrogen-bond donors (Lipinski definition) is 1. The molecule has 1 amide bonds. The maximum Gasteiger partial charge on any atom is 0.252 e. The van der Waals surface area contributed by atoms with Crippen molar-refractivity contribution in [1.82, 2.24) is 5.32 Å². The van der Waals surface area contributed by atoms with Crippen molar-refractivity contribution in [3.63, 3.8) is 0 Å². The lowest BCUT2D eigenvalue weighted by atomic mass is 10.2. The summed E-state index contributed by atoms with van der Waals surface area (Å²) in [7, 11) is 0. The van der Waals surface area contributed by atoms with Crippen LogP contribution in [0.4, 0.5) is 0 Å². The van der Waals surface area contributed by atoms with Gasteiger partial charge < -0.3 is 5.32 Å². The Morgan fingerprint density at radius 3 is 2.81 bits per heavy atom. The number of rotatable bonds is 5. The van der Waals surface area contributed by atoms with E-state index in [9.17, 15) is 4.79 Å². The third-order valence-corrected chi connectivity index (χ3v) is 3.22. The maximum absolute atomic E-state index is 11.8. The highest BCUT2D eigenvalue weighted by Crippen LogP contribution is 2.14. The van der Waals surface area contributed by atoms with E-state index in [-0.39, 0.29) is 11.9 Å². The Labute approximate surface area is 106 Å². The summed E-state index contributed by atoms with van der Waals surface area (Å²) in [5.41, 5.74) is 0.542. The highest BCUT2D eigenvalue weighted by Gasteiger charge is 2.11. The fourth-order valence-corrected chi connectivity index (χ4v) is 2.12. The van der Waals surface area contributed by atoms with Gasteiger partial charge in [-0.3, -0.25) is 4.79 Å². The smallest absolute Gasteiger partial charge is 0.252 e. The van der Waals surface area contributed by atoms with Crippen LogP contribution in [0, 0.1) is 0 Å². The van der Waals surface area contributed by atoms with E-state index in [2.05, 4.69) is 11.6 Å². The van der Waals surface area contributed by atoms with Gasteiger partial charge in [0.2, 0.25) is 0 Å². The van der Waals surface area contributed by atoms with Gasteiger partial charge in [0, 0.05) is 6.04 Å². The minimum Gasteiger partial charge on any atom is -0.350 e. The van der Waals surface area contributed by atoms with Crippen LogP contribution in [0.1, 0.15) is 23.7 Å². The molecule has 2 nitrogen and oxygen atoms in total. The molecule has 1 N–H and O–H groups in total. The summed E-state index contributed by atoms with van der Waals surface area (Å²) in [4.78, 5) is 11.8. The van der Waals surface area contributed by atoms with E-state index in [0.29, 0.717) is 10.6 Å². The molecule has 0 fully saturated rings. The van der Waals surface area contributed by atoms with Gasteiger partial charge in [-0.05, 0) is 37.5 Å². The Kier molecular flexibility index (Phi) is 5.71. The number of nitrogens with one attached hydrogen (secondary N) is 1. The molecule has 1 atom stereocenters. The predicted molar refractivity (Wildman–Crippen MR) is 71.4 cm³/mol. The summed E-state index contributed by atoms with van der Waals surface area (Å²) >= 11 is 7.72. The topological polar surface area (TPSA) is 29.1 Å². The summed E-state index contributed by atoms with van der Waals surface area (Å²) in [5.74, 6) is 0.948. The van der Waals surface area contributed by atoms with Crippen LogP contribution in [0.3, 0.4) is 0 Å². The predicted octanol–water partition coefficient (Wildman–Crippen LogP) is 3.21. The molecule has 16 heavy (non-hydrogen) atoms. The van der Waals surface area contributed by atoms with Gasteiger partial charge in [0.25, 0.3) is 5.91 Å². The molecule has 4 heteroatoms. The first kappa shape index (κ1) is 13.4. The molecule has 0 saturated carbocycles. The molecule has 0 heterocycles. The minimum atomic E-state index is -0.0980. The van der Waals surface area contributed by atoms with Crippen LogP contribution in [-0.2, 0) is 0 Å². The zero-order valence-corrected chi connectivity index (χ0v) is 11.1. The molecule has 1 aromatic carbocycles. The second kappa shape index (κ2) is 6.81. The van der Waals surface area contributed by atoms with Gasteiger partial charge in [-0.2, -0.15) is 11.8 Å². The van der Waals surface area contributed by atoms with Crippen molar-refractivity contribution >= 4 is 29.3 Å². The summed E-state index contributed by atoms with van der Waals surface area (Å²) in [6.45, 7) is 2.00. The van der Waals surface area contributed by atoms with Crippen molar-refractivity contribution in [3.8, 4) is 0 Å². The van der Waals surface area contributed by atoms with Gasteiger partial charge >= 0.3 is 0 Å². The molecule has 0 saturated heterocycles. The van der Waals surface area contributed by atoms with Crippen molar-refractivity contribution in [2.45, 2.75) is 19.4 Å². The molecule has 0 radical (unpaired) electrons. The third-order valence-electron chi connectivity index (χ3n) is 2.25. The van der Waals surface area contributed by atoms with Crippen LogP contribution in [0.15, 0.2) is 24.3 Å². The standard InChI is InChI=1S/C12H16ClNOS/c1-9(7-8-16-2)14-12(15)10-5-3-4-6-11(10)13/h3-6,9H,7-8H2,1-2H3,(H,14,15). The van der Waals surface area contributed by atoms with Gasteiger partial charge in [-0.1, -0.05) is 23.7 Å². The zero-order chi connectivity index (χ0) is 12.0. The number of thioether (sulfide) groups is 1. The first-order valence-electron chi connectivity index (χ1n) is 5.19. The second-order valence-corrected chi connectivity index (χ2v) is 5.03. The highest BCUT2D eigenvalue weighted by molar-refractivity contribution is 7.98. The monoisotopic (exact) mass is 257 g/mol. The Morgan fingerprint density at radius 1 is 1.50 bits per heavy atom. The minimum absolute atomic E-state index is 0.0980. The van der Waals surface area contributed by atoms with E-state index in [1.807, 2.05) is 19.1 Å². The average Bonchev–Trinajstić information content (AvgIpc) is 2.26. The van der Waals surface area contributed by atoms with E-state index < -0.39 is 0 Å². The lowest BCUT2D eigenvalue weighted by Gasteiger charge is -2.13. The van der Waals surface area contributed by atoms with Crippen LogP contribution >= 0.6 is 23.4 Å². The van der Waals surface area contributed by atoms with Crippen LogP contribution in [0.2, 0.25) is 5.02 Å². The quantitative estimate of drug-likeness (QED) is 0.878. The van der Waals surface area contributed by atoms with Crippen LogP contribution in [0.25, 0.3) is 0 Å². The average molecular weight is 258 g/mol. The Balaban J connectivity index is 2.56. The molecule has 0 bridgehead atoms. The van der Waals surface area contributed by atoms with Crippen LogP contribution in [-0.4, -0.2) is 24.0 Å². The summed E-state index contributed by atoms with van der Waals surface area (Å²) < 4.78 is 0. The third kappa shape index (κ3) is 4.06. The molecular weight excluding hydrogens is 242 g/mol. The normalized spacial score (nSPS) is 12.2. The number of carbonyl (C=O) groups is 1. The Hall–Kier alpha value is -0.670. The van der Waals surface area contributed by atoms with Gasteiger partial charge in [-0.15, -0.1) is 0 Å². The number of carbonyl (C=O) groups excluding carboxylic acids is 1. The highest BCUT2D eigenvalue weighted by atomic mass is 35.5. The molecule has 1 rings (SSSR count). The fourth-order valence-electron chi connectivity index (χ4n) is 1.31. The van der Waals surface area contributed by atoms with E-state index >= 15 is 0 Å². The summed E-state index contributed by atoms with van der Waals surface area (Å²) in [6, 6.07) is 7.27. The first-order valence-corrected chi connectivity index (χ1v) is 6.96. The maximum atomic E-state index is 11.8. The van der Waals surface area contributed by atoms with E-state index in [1.54, 1.807) is 23.9 Å². The molecular formula is C12H16ClNOS. The van der Waals surface area contributed by atoms with E-state index in [1.165, 1.54) is 0 Å². The number of amides is 1. The van der Waals surface area contributed by atoms with Crippen molar-refractivity contribution in [2.75, 3.05) is 12.0 Å². The number of halogens is 1. The SMILES string of the molecule is CSCCC(C)NC(=O)c1ccccc1Cl. The molecule has 0 aliphatic carbocycles. The lowest BCUT2D eigenvalue weighted by molar-refractivity contribution is 0.0939.